The number of carboxylic acid groups (broad SMARTS) is 1. The minimum absolute atomic E-state index is 0.0177. The molecule has 7 nitrogen and oxygen atoms in total. The second-order valence-corrected chi connectivity index (χ2v) is 7.60. The fraction of sp³-hybridized carbons (Fsp3) is 0.261. The number of rotatable bonds is 7. The molecule has 3 aromatic rings. The number of nitrogens with zero attached hydrogens (tertiary/aromatic N) is 1. The number of phenolic OH excluding ortho intramolecular Hbond substituents is 1. The van der Waals surface area contributed by atoms with Crippen molar-refractivity contribution in [2.75, 3.05) is 0 Å². The molecule has 0 saturated carbocycles. The van der Waals surface area contributed by atoms with Gasteiger partial charge in [-0.2, -0.15) is 0 Å². The van der Waals surface area contributed by atoms with Crippen LogP contribution >= 0.6 is 0 Å². The summed E-state index contributed by atoms with van der Waals surface area (Å²) in [5, 5.41) is 21.6. The molecule has 0 aliphatic rings. The highest BCUT2D eigenvalue weighted by molar-refractivity contribution is 6.04. The Morgan fingerprint density at radius 3 is 2.53 bits per heavy atom. The number of hydrogen-bond acceptors (Lipinski definition) is 4. The van der Waals surface area contributed by atoms with E-state index in [-0.39, 0.29) is 36.2 Å². The molecule has 0 aliphatic carbocycles. The number of phenols is 1. The molecule has 1 heterocycles. The van der Waals surface area contributed by atoms with E-state index in [1.165, 1.54) is 28.8 Å². The number of aliphatic carboxylic acids is 1. The molecule has 0 aliphatic heterocycles. The summed E-state index contributed by atoms with van der Waals surface area (Å²) in [6, 6.07) is 6.74. The SMILES string of the molecule is Cc1c(CCC(=O)NC(C)CC(=O)O)c2cc(O)c(F)cc2n1C(=O)c1cccc(F)c1. The van der Waals surface area contributed by atoms with Crippen LogP contribution in [0.25, 0.3) is 10.9 Å². The highest BCUT2D eigenvalue weighted by Crippen LogP contribution is 2.32. The van der Waals surface area contributed by atoms with Gasteiger partial charge in [0.2, 0.25) is 5.91 Å². The van der Waals surface area contributed by atoms with Crippen LogP contribution in [0, 0.1) is 18.6 Å². The van der Waals surface area contributed by atoms with Crippen molar-refractivity contribution < 1.29 is 33.4 Å². The fourth-order valence-electron chi connectivity index (χ4n) is 3.71. The van der Waals surface area contributed by atoms with Crippen LogP contribution in [0.4, 0.5) is 8.78 Å². The Kier molecular flexibility index (Phi) is 6.57. The highest BCUT2D eigenvalue weighted by atomic mass is 19.1. The number of aryl methyl sites for hydroxylation is 1. The van der Waals surface area contributed by atoms with Gasteiger partial charge in [-0.3, -0.25) is 19.0 Å². The van der Waals surface area contributed by atoms with E-state index in [1.807, 2.05) is 0 Å². The Labute approximate surface area is 182 Å². The number of nitrogens with one attached hydrogen (secondary N) is 1. The van der Waals surface area contributed by atoms with Gasteiger partial charge in [-0.15, -0.1) is 0 Å². The Hall–Kier alpha value is -3.75. The lowest BCUT2D eigenvalue weighted by Gasteiger charge is -2.11. The van der Waals surface area contributed by atoms with Crippen LogP contribution in [0.2, 0.25) is 0 Å². The maximum Gasteiger partial charge on any atom is 0.305 e. The second kappa shape index (κ2) is 9.17. The standard InChI is InChI=1S/C23H22F2N2O5/c1-12(8-22(30)31)26-21(29)7-6-16-13(2)27(19-11-18(25)20(28)10-17(16)19)23(32)14-4-3-5-15(24)9-14/h3-5,9-12,28H,6-8H2,1-2H3,(H,26,29)(H,30,31). The average Bonchev–Trinajstić information content (AvgIpc) is 2.96. The molecular weight excluding hydrogens is 422 g/mol. The summed E-state index contributed by atoms with van der Waals surface area (Å²) >= 11 is 0. The smallest absolute Gasteiger partial charge is 0.305 e. The number of hydrogen-bond donors (Lipinski definition) is 3. The maximum absolute atomic E-state index is 14.1. The van der Waals surface area contributed by atoms with Gasteiger partial charge in [-0.25, -0.2) is 8.78 Å². The lowest BCUT2D eigenvalue weighted by atomic mass is 10.0. The van der Waals surface area contributed by atoms with E-state index in [0.717, 1.165) is 12.1 Å². The zero-order valence-corrected chi connectivity index (χ0v) is 17.5. The highest BCUT2D eigenvalue weighted by Gasteiger charge is 2.23. The molecule has 0 spiro atoms. The normalized spacial score (nSPS) is 12.0. The summed E-state index contributed by atoms with van der Waals surface area (Å²) in [5.74, 6) is -4.13. The van der Waals surface area contributed by atoms with Gasteiger partial charge in [-0.05, 0) is 50.1 Å². The molecule has 168 valence electrons. The minimum Gasteiger partial charge on any atom is -0.505 e. The maximum atomic E-state index is 14.1. The third-order valence-corrected chi connectivity index (χ3v) is 5.17. The van der Waals surface area contributed by atoms with Crippen molar-refractivity contribution in [2.24, 2.45) is 0 Å². The summed E-state index contributed by atoms with van der Waals surface area (Å²) in [6.45, 7) is 3.19. The minimum atomic E-state index is -1.04. The molecule has 0 saturated heterocycles. The molecule has 1 aromatic heterocycles. The predicted octanol–water partition coefficient (Wildman–Crippen LogP) is 3.53. The first-order chi connectivity index (χ1) is 15.1. The first kappa shape index (κ1) is 22.9. The topological polar surface area (TPSA) is 109 Å². The molecule has 0 fully saturated rings. The lowest BCUT2D eigenvalue weighted by Crippen LogP contribution is -2.34. The largest absolute Gasteiger partial charge is 0.505 e. The first-order valence-electron chi connectivity index (χ1n) is 9.92. The Morgan fingerprint density at radius 1 is 1.16 bits per heavy atom. The second-order valence-electron chi connectivity index (χ2n) is 7.60. The Bertz CT molecular complexity index is 1220. The number of amides is 1. The molecule has 1 atom stereocenters. The molecule has 32 heavy (non-hydrogen) atoms. The molecule has 2 aromatic carbocycles. The van der Waals surface area contributed by atoms with Gasteiger partial charge in [0.15, 0.2) is 11.6 Å². The number of carbonyl (C=O) groups excluding carboxylic acids is 2. The van der Waals surface area contributed by atoms with E-state index in [0.29, 0.717) is 16.6 Å². The van der Waals surface area contributed by atoms with E-state index >= 15 is 0 Å². The average molecular weight is 444 g/mol. The molecule has 3 N–H and O–H groups in total. The van der Waals surface area contributed by atoms with Crippen molar-refractivity contribution in [3.05, 3.63) is 64.9 Å². The van der Waals surface area contributed by atoms with Crippen molar-refractivity contribution in [3.8, 4) is 5.75 Å². The molecule has 9 heteroatoms. The van der Waals surface area contributed by atoms with Crippen molar-refractivity contribution >= 4 is 28.7 Å². The summed E-state index contributed by atoms with van der Waals surface area (Å²) in [5.41, 5.74) is 1.21. The van der Waals surface area contributed by atoms with Crippen LogP contribution in [0.3, 0.4) is 0 Å². The van der Waals surface area contributed by atoms with E-state index in [4.69, 9.17) is 5.11 Å². The van der Waals surface area contributed by atoms with Gasteiger partial charge in [0, 0.05) is 35.2 Å². The van der Waals surface area contributed by atoms with Crippen molar-refractivity contribution in [2.45, 2.75) is 39.2 Å². The van der Waals surface area contributed by atoms with Gasteiger partial charge in [0.1, 0.15) is 5.82 Å². The zero-order valence-electron chi connectivity index (χ0n) is 17.5. The van der Waals surface area contributed by atoms with Gasteiger partial charge < -0.3 is 15.5 Å². The van der Waals surface area contributed by atoms with Crippen LogP contribution in [0.5, 0.6) is 5.75 Å². The van der Waals surface area contributed by atoms with E-state index in [1.54, 1.807) is 13.8 Å². The molecule has 3 rings (SSSR count). The van der Waals surface area contributed by atoms with Gasteiger partial charge in [0.25, 0.3) is 5.91 Å². The number of benzene rings is 2. The van der Waals surface area contributed by atoms with Crippen LogP contribution in [-0.2, 0) is 16.0 Å². The van der Waals surface area contributed by atoms with Crippen LogP contribution in [0.15, 0.2) is 36.4 Å². The predicted molar refractivity (Wildman–Crippen MR) is 113 cm³/mol. The third-order valence-electron chi connectivity index (χ3n) is 5.17. The summed E-state index contributed by atoms with van der Waals surface area (Å²) in [6.07, 6.45) is -0.0853. The lowest BCUT2D eigenvalue weighted by molar-refractivity contribution is -0.137. The van der Waals surface area contributed by atoms with Gasteiger partial charge in [-0.1, -0.05) is 6.07 Å². The van der Waals surface area contributed by atoms with Crippen LogP contribution < -0.4 is 5.32 Å². The fourth-order valence-corrected chi connectivity index (χ4v) is 3.71. The summed E-state index contributed by atoms with van der Waals surface area (Å²) in [7, 11) is 0. The zero-order chi connectivity index (χ0) is 23.6. The molecular formula is C23H22F2N2O5. The summed E-state index contributed by atoms with van der Waals surface area (Å²) in [4.78, 5) is 36.1. The van der Waals surface area contributed by atoms with Gasteiger partial charge in [0.05, 0.1) is 11.9 Å². The monoisotopic (exact) mass is 444 g/mol. The van der Waals surface area contributed by atoms with E-state index in [2.05, 4.69) is 5.32 Å². The number of fused-ring (bicyclic) bond motifs is 1. The number of carbonyl (C=O) groups is 3. The number of carboxylic acids is 1. The molecule has 1 unspecified atom stereocenters. The Balaban J connectivity index is 1.97. The van der Waals surface area contributed by atoms with Crippen molar-refractivity contribution in [1.29, 1.82) is 0 Å². The van der Waals surface area contributed by atoms with E-state index < -0.39 is 35.3 Å². The number of halogens is 2. The van der Waals surface area contributed by atoms with Crippen molar-refractivity contribution in [1.82, 2.24) is 9.88 Å². The third kappa shape index (κ3) is 4.77. The molecule has 0 bridgehead atoms. The van der Waals surface area contributed by atoms with E-state index in [9.17, 15) is 28.3 Å². The Morgan fingerprint density at radius 2 is 1.88 bits per heavy atom. The van der Waals surface area contributed by atoms with Crippen molar-refractivity contribution in [3.63, 3.8) is 0 Å². The number of aromatic hydroxyl groups is 1. The van der Waals surface area contributed by atoms with Crippen LogP contribution in [0.1, 0.15) is 41.4 Å². The first-order valence-corrected chi connectivity index (χ1v) is 9.92. The number of aromatic nitrogens is 1. The van der Waals surface area contributed by atoms with Crippen LogP contribution in [-0.4, -0.2) is 38.6 Å². The molecule has 0 radical (unpaired) electrons. The summed E-state index contributed by atoms with van der Waals surface area (Å²) < 4.78 is 29.0. The quantitative estimate of drug-likeness (QED) is 0.517. The van der Waals surface area contributed by atoms with Gasteiger partial charge >= 0.3 is 5.97 Å². The molecule has 1 amide bonds.